The molecule has 2 saturated carbocycles. The van der Waals surface area contributed by atoms with Gasteiger partial charge >= 0.3 is 0 Å². The van der Waals surface area contributed by atoms with Crippen LogP contribution < -0.4 is 4.74 Å². The Kier molecular flexibility index (Phi) is 3.98. The Morgan fingerprint density at radius 1 is 0.786 bits per heavy atom. The molecule has 2 fully saturated rings. The second kappa shape index (κ2) is 6.11. The second-order valence-corrected chi connectivity index (χ2v) is 9.23. The third-order valence-electron chi connectivity index (χ3n) is 7.17. The first-order valence-corrected chi connectivity index (χ1v) is 10.6. The van der Waals surface area contributed by atoms with Gasteiger partial charge in [0.1, 0.15) is 28.6 Å². The SMILES string of the molecule is Oc1cc2c(cc1Cl)C1(CCCC1)[C@H]1CCC[C@]1(c1cc(Cl)c(O)cc1O)O2. The zero-order valence-electron chi connectivity index (χ0n) is 15.3. The fraction of sp³-hybridized carbons (Fsp3) is 0.455. The van der Waals surface area contributed by atoms with E-state index in [4.69, 9.17) is 27.9 Å². The Morgan fingerprint density at radius 2 is 1.43 bits per heavy atom. The monoisotopic (exact) mass is 420 g/mol. The van der Waals surface area contributed by atoms with Gasteiger partial charge < -0.3 is 20.1 Å². The van der Waals surface area contributed by atoms with Crippen molar-refractivity contribution in [2.75, 3.05) is 0 Å². The van der Waals surface area contributed by atoms with Gasteiger partial charge in [0.2, 0.25) is 0 Å². The number of ether oxygens (including phenoxy) is 1. The minimum absolute atomic E-state index is 0.00637. The summed E-state index contributed by atoms with van der Waals surface area (Å²) in [5.41, 5.74) is 0.848. The van der Waals surface area contributed by atoms with E-state index in [1.54, 1.807) is 12.1 Å². The summed E-state index contributed by atoms with van der Waals surface area (Å²) in [7, 11) is 0. The van der Waals surface area contributed by atoms with Crippen LogP contribution in [0, 0.1) is 5.92 Å². The Morgan fingerprint density at radius 3 is 2.14 bits per heavy atom. The lowest BCUT2D eigenvalue weighted by Crippen LogP contribution is -2.51. The number of hydrogen-bond donors (Lipinski definition) is 3. The van der Waals surface area contributed by atoms with Crippen LogP contribution in [-0.4, -0.2) is 15.3 Å². The summed E-state index contributed by atoms with van der Waals surface area (Å²) in [5.74, 6) is 0.634. The molecular weight excluding hydrogens is 399 g/mol. The first kappa shape index (κ1) is 18.3. The summed E-state index contributed by atoms with van der Waals surface area (Å²) in [6.07, 6.45) is 7.03. The number of benzene rings is 2. The molecule has 0 bridgehead atoms. The highest BCUT2D eigenvalue weighted by atomic mass is 35.5. The van der Waals surface area contributed by atoms with E-state index in [-0.39, 0.29) is 33.6 Å². The van der Waals surface area contributed by atoms with Crippen LogP contribution in [0.2, 0.25) is 10.0 Å². The van der Waals surface area contributed by atoms with E-state index in [9.17, 15) is 15.3 Å². The highest BCUT2D eigenvalue weighted by Gasteiger charge is 2.61. The van der Waals surface area contributed by atoms with Crippen molar-refractivity contribution in [2.45, 2.75) is 56.0 Å². The lowest BCUT2D eigenvalue weighted by atomic mass is 9.60. The zero-order chi connectivity index (χ0) is 19.7. The van der Waals surface area contributed by atoms with Gasteiger partial charge in [-0.25, -0.2) is 0 Å². The predicted molar refractivity (Wildman–Crippen MR) is 108 cm³/mol. The standard InChI is InChI=1S/C22H22Cl2O4/c23-14-8-12(16(25)10-17(14)26)22-7-3-4-20(22)21(5-1-2-6-21)13-9-15(24)18(27)11-19(13)28-22/h8-11,20,25-27H,1-7H2/t20-,22-/m1/s1. The Bertz CT molecular complexity index is 967. The molecule has 1 spiro atoms. The number of phenolic OH excluding ortho intramolecular Hbond substituents is 3. The molecule has 2 aromatic rings. The summed E-state index contributed by atoms with van der Waals surface area (Å²) >= 11 is 12.5. The van der Waals surface area contributed by atoms with Gasteiger partial charge in [0, 0.05) is 34.6 Å². The third-order valence-corrected chi connectivity index (χ3v) is 7.77. The highest BCUT2D eigenvalue weighted by molar-refractivity contribution is 6.32. The lowest BCUT2D eigenvalue weighted by molar-refractivity contribution is -0.0365. The van der Waals surface area contributed by atoms with Gasteiger partial charge in [-0.3, -0.25) is 0 Å². The van der Waals surface area contributed by atoms with Crippen molar-refractivity contribution in [1.29, 1.82) is 0 Å². The number of halogens is 2. The largest absolute Gasteiger partial charge is 0.507 e. The number of fused-ring (bicyclic) bond motifs is 4. The summed E-state index contributed by atoms with van der Waals surface area (Å²) in [6, 6.07) is 6.39. The number of phenols is 3. The van der Waals surface area contributed by atoms with Gasteiger partial charge in [0.05, 0.1) is 10.0 Å². The number of rotatable bonds is 1. The van der Waals surface area contributed by atoms with Crippen molar-refractivity contribution in [3.8, 4) is 23.0 Å². The van der Waals surface area contributed by atoms with Gasteiger partial charge in [-0.1, -0.05) is 36.0 Å². The molecule has 3 N–H and O–H groups in total. The molecule has 0 unspecified atom stereocenters. The normalized spacial score (nSPS) is 27.4. The average Bonchev–Trinajstić information content (AvgIpc) is 3.29. The van der Waals surface area contributed by atoms with Gasteiger partial charge in [-0.05, 0) is 44.2 Å². The van der Waals surface area contributed by atoms with Crippen molar-refractivity contribution in [2.24, 2.45) is 5.92 Å². The van der Waals surface area contributed by atoms with Gasteiger partial charge in [-0.15, -0.1) is 0 Å². The molecule has 0 amide bonds. The number of hydrogen-bond acceptors (Lipinski definition) is 4. The summed E-state index contributed by atoms with van der Waals surface area (Å²) in [6.45, 7) is 0. The summed E-state index contributed by atoms with van der Waals surface area (Å²) in [4.78, 5) is 0. The molecule has 5 rings (SSSR count). The van der Waals surface area contributed by atoms with E-state index in [1.807, 2.05) is 6.07 Å². The van der Waals surface area contributed by atoms with Crippen LogP contribution in [0.15, 0.2) is 24.3 Å². The molecule has 0 radical (unpaired) electrons. The highest BCUT2D eigenvalue weighted by Crippen LogP contribution is 2.66. The fourth-order valence-electron chi connectivity index (χ4n) is 6.11. The first-order chi connectivity index (χ1) is 13.4. The zero-order valence-corrected chi connectivity index (χ0v) is 16.9. The minimum Gasteiger partial charge on any atom is -0.507 e. The van der Waals surface area contributed by atoms with Crippen molar-refractivity contribution < 1.29 is 20.1 Å². The Balaban J connectivity index is 1.78. The maximum Gasteiger partial charge on any atom is 0.141 e. The van der Waals surface area contributed by atoms with Crippen LogP contribution in [0.5, 0.6) is 23.0 Å². The van der Waals surface area contributed by atoms with Crippen LogP contribution >= 0.6 is 23.2 Å². The number of aromatic hydroxyl groups is 3. The Labute approximate surface area is 173 Å². The fourth-order valence-corrected chi connectivity index (χ4v) is 6.44. The van der Waals surface area contributed by atoms with E-state index in [0.29, 0.717) is 16.3 Å². The molecule has 3 aliphatic rings. The van der Waals surface area contributed by atoms with Crippen LogP contribution in [0.25, 0.3) is 0 Å². The molecule has 2 aromatic carbocycles. The van der Waals surface area contributed by atoms with E-state index in [0.717, 1.165) is 50.5 Å². The topological polar surface area (TPSA) is 69.9 Å². The van der Waals surface area contributed by atoms with Gasteiger partial charge in [0.25, 0.3) is 0 Å². The molecule has 6 heteroatoms. The van der Waals surface area contributed by atoms with Crippen LogP contribution in [0.3, 0.4) is 0 Å². The molecular formula is C22H22Cl2O4. The van der Waals surface area contributed by atoms with E-state index < -0.39 is 5.60 Å². The quantitative estimate of drug-likeness (QED) is 0.528. The third kappa shape index (κ3) is 2.31. The Hall–Kier alpha value is -1.78. The van der Waals surface area contributed by atoms with Crippen LogP contribution in [0.1, 0.15) is 56.1 Å². The predicted octanol–water partition coefficient (Wildman–Crippen LogP) is 6.01. The van der Waals surface area contributed by atoms with Crippen molar-refractivity contribution in [3.63, 3.8) is 0 Å². The van der Waals surface area contributed by atoms with Crippen molar-refractivity contribution >= 4 is 23.2 Å². The molecule has 4 nitrogen and oxygen atoms in total. The molecule has 0 saturated heterocycles. The molecule has 148 valence electrons. The van der Waals surface area contributed by atoms with Gasteiger partial charge in [-0.2, -0.15) is 0 Å². The maximum atomic E-state index is 10.7. The average molecular weight is 421 g/mol. The molecule has 2 atom stereocenters. The van der Waals surface area contributed by atoms with E-state index in [1.165, 1.54) is 6.07 Å². The van der Waals surface area contributed by atoms with Crippen molar-refractivity contribution in [1.82, 2.24) is 0 Å². The minimum atomic E-state index is -0.737. The molecule has 28 heavy (non-hydrogen) atoms. The molecule has 0 aromatic heterocycles. The summed E-state index contributed by atoms with van der Waals surface area (Å²) in [5, 5.41) is 31.4. The molecule has 1 heterocycles. The van der Waals surface area contributed by atoms with Gasteiger partial charge in [0.15, 0.2) is 0 Å². The first-order valence-electron chi connectivity index (χ1n) is 9.81. The van der Waals surface area contributed by atoms with Crippen LogP contribution in [-0.2, 0) is 11.0 Å². The lowest BCUT2D eigenvalue weighted by Gasteiger charge is -2.51. The molecule has 2 aliphatic carbocycles. The van der Waals surface area contributed by atoms with E-state index in [2.05, 4.69) is 0 Å². The molecule has 1 aliphatic heterocycles. The van der Waals surface area contributed by atoms with Crippen LogP contribution in [0.4, 0.5) is 0 Å². The smallest absolute Gasteiger partial charge is 0.141 e. The van der Waals surface area contributed by atoms with E-state index >= 15 is 0 Å². The maximum absolute atomic E-state index is 10.7. The second-order valence-electron chi connectivity index (χ2n) is 8.42. The summed E-state index contributed by atoms with van der Waals surface area (Å²) < 4.78 is 6.61. The van der Waals surface area contributed by atoms with Crippen molar-refractivity contribution in [3.05, 3.63) is 45.4 Å².